The summed E-state index contributed by atoms with van der Waals surface area (Å²) in [6.45, 7) is 7.84. The molecule has 3 heterocycles. The maximum absolute atomic E-state index is 13.8. The standard InChI is InChI=1S/C47H58F3N7O8/c1-27(2)39(53-45(62)64-5)43(60)55-23-9-15-37(55)41(58)51-32-13-7-11-29(25-32)35-21-22-36(57(35)34-19-17-31(18-20-34)47(48,49)50)30-12-8-14-33(26-30)52-42(59)38-16-10-24-56(38)44(61)40(28(3)4)54-46(63)65-6/h7-8,11-14,17-20,25-28,35-40H,9-10,15-16,21-24H2,1-6H3,(H,51,58)(H,52,59)(H,53,62)(H,54,63)/t35-,36-,37+,38+,39+,40+/m1/s1. The molecule has 0 saturated carbocycles. The van der Waals surface area contributed by atoms with Gasteiger partial charge in [-0.25, -0.2) is 9.59 Å². The number of methoxy groups -OCH3 is 2. The van der Waals surface area contributed by atoms with Gasteiger partial charge in [-0.15, -0.1) is 0 Å². The predicted molar refractivity (Wildman–Crippen MR) is 237 cm³/mol. The third-order valence-electron chi connectivity index (χ3n) is 12.4. The predicted octanol–water partition coefficient (Wildman–Crippen LogP) is 7.41. The highest BCUT2D eigenvalue weighted by Gasteiger charge is 2.42. The van der Waals surface area contributed by atoms with Crippen molar-refractivity contribution >= 4 is 52.9 Å². The number of benzene rings is 3. The van der Waals surface area contributed by atoms with Gasteiger partial charge in [-0.05, 0) is 110 Å². The number of nitrogens with zero attached hydrogens (tertiary/aromatic N) is 3. The lowest BCUT2D eigenvalue weighted by molar-refractivity contribution is -0.139. The van der Waals surface area contributed by atoms with E-state index in [2.05, 4.69) is 26.2 Å². The van der Waals surface area contributed by atoms with Crippen LogP contribution in [0.2, 0.25) is 0 Å². The highest BCUT2D eigenvalue weighted by Crippen LogP contribution is 2.48. The first-order chi connectivity index (χ1) is 30.9. The minimum absolute atomic E-state index is 0.270. The first-order valence-electron chi connectivity index (χ1n) is 22.0. The van der Waals surface area contributed by atoms with Crippen molar-refractivity contribution in [3.05, 3.63) is 89.5 Å². The second kappa shape index (κ2) is 20.7. The number of ether oxygens (including phenoxy) is 2. The molecule has 6 atom stereocenters. The molecule has 0 radical (unpaired) electrons. The molecule has 6 amide bonds. The van der Waals surface area contributed by atoms with Crippen LogP contribution in [0.1, 0.15) is 95.0 Å². The zero-order valence-electron chi connectivity index (χ0n) is 37.4. The zero-order chi connectivity index (χ0) is 47.2. The molecule has 0 aliphatic carbocycles. The van der Waals surface area contributed by atoms with Crippen LogP contribution in [0.15, 0.2) is 72.8 Å². The molecule has 0 unspecified atom stereocenters. The molecule has 3 fully saturated rings. The Kier molecular flexibility index (Phi) is 15.3. The van der Waals surface area contributed by atoms with Crippen molar-refractivity contribution in [3.63, 3.8) is 0 Å². The summed E-state index contributed by atoms with van der Waals surface area (Å²) in [4.78, 5) is 84.0. The van der Waals surface area contributed by atoms with Crippen LogP contribution in [0.4, 0.5) is 39.8 Å². The monoisotopic (exact) mass is 905 g/mol. The fourth-order valence-corrected chi connectivity index (χ4v) is 9.11. The quantitative estimate of drug-likeness (QED) is 0.136. The molecule has 0 bridgehead atoms. The van der Waals surface area contributed by atoms with Gasteiger partial charge in [0.1, 0.15) is 24.2 Å². The lowest BCUT2D eigenvalue weighted by Crippen LogP contribution is -2.54. The van der Waals surface area contributed by atoms with E-state index in [0.29, 0.717) is 68.7 Å². The topological polar surface area (TPSA) is 179 Å². The Morgan fingerprint density at radius 1 is 0.615 bits per heavy atom. The number of carbonyl (C=O) groups is 6. The van der Waals surface area contributed by atoms with Gasteiger partial charge in [0.05, 0.1) is 31.9 Å². The second-order valence-electron chi connectivity index (χ2n) is 17.4. The van der Waals surface area contributed by atoms with E-state index in [1.807, 2.05) is 24.3 Å². The van der Waals surface area contributed by atoms with E-state index in [-0.39, 0.29) is 47.5 Å². The van der Waals surface area contributed by atoms with Crippen LogP contribution in [0.3, 0.4) is 0 Å². The molecule has 65 heavy (non-hydrogen) atoms. The Bertz CT molecular complexity index is 2100. The number of halogens is 3. The minimum atomic E-state index is -4.54. The normalized spacial score (nSPS) is 20.6. The van der Waals surface area contributed by atoms with Gasteiger partial charge in [-0.1, -0.05) is 52.0 Å². The Labute approximate surface area is 376 Å². The van der Waals surface area contributed by atoms with Crippen molar-refractivity contribution in [2.45, 2.75) is 109 Å². The fraction of sp³-hybridized carbons (Fsp3) is 0.489. The number of alkyl carbamates (subject to hydrolysis) is 2. The number of amides is 6. The molecule has 3 aromatic carbocycles. The summed E-state index contributed by atoms with van der Waals surface area (Å²) in [6, 6.07) is 15.4. The number of nitrogens with one attached hydrogen (secondary N) is 4. The van der Waals surface area contributed by atoms with Crippen LogP contribution in [-0.2, 0) is 34.8 Å². The maximum Gasteiger partial charge on any atom is 0.416 e. The van der Waals surface area contributed by atoms with E-state index in [9.17, 15) is 41.9 Å². The first-order valence-corrected chi connectivity index (χ1v) is 22.0. The largest absolute Gasteiger partial charge is 0.453 e. The molecule has 3 aliphatic heterocycles. The summed E-state index contributed by atoms with van der Waals surface area (Å²) in [6.07, 6.45) is -2.82. The lowest BCUT2D eigenvalue weighted by atomic mass is 10.0. The molecule has 3 saturated heterocycles. The van der Waals surface area contributed by atoms with E-state index >= 15 is 0 Å². The number of hydrogen-bond acceptors (Lipinski definition) is 9. The highest BCUT2D eigenvalue weighted by atomic mass is 19.4. The average Bonchev–Trinajstić information content (AvgIpc) is 4.08. The third kappa shape index (κ3) is 11.1. The average molecular weight is 906 g/mol. The van der Waals surface area contributed by atoms with Crippen molar-refractivity contribution in [2.24, 2.45) is 11.8 Å². The van der Waals surface area contributed by atoms with E-state index in [4.69, 9.17) is 9.47 Å². The van der Waals surface area contributed by atoms with Crippen LogP contribution < -0.4 is 26.2 Å². The zero-order valence-corrected chi connectivity index (χ0v) is 37.4. The number of rotatable bonds is 13. The number of hydrogen-bond donors (Lipinski definition) is 4. The van der Waals surface area contributed by atoms with Crippen LogP contribution in [0.5, 0.6) is 0 Å². The van der Waals surface area contributed by atoms with Gasteiger partial charge in [0, 0.05) is 30.2 Å². The van der Waals surface area contributed by atoms with Gasteiger partial charge in [0.2, 0.25) is 23.6 Å². The molecular weight excluding hydrogens is 848 g/mol. The van der Waals surface area contributed by atoms with Crippen molar-refractivity contribution < 1.29 is 51.4 Å². The number of anilines is 3. The van der Waals surface area contributed by atoms with Crippen molar-refractivity contribution in [1.82, 2.24) is 20.4 Å². The molecule has 0 aromatic heterocycles. The van der Waals surface area contributed by atoms with E-state index < -0.39 is 48.1 Å². The molecule has 18 heteroatoms. The lowest BCUT2D eigenvalue weighted by Gasteiger charge is -2.34. The van der Waals surface area contributed by atoms with E-state index in [0.717, 1.165) is 23.3 Å². The Balaban J connectivity index is 1.23. The van der Waals surface area contributed by atoms with E-state index in [1.54, 1.807) is 52.0 Å². The van der Waals surface area contributed by atoms with Crippen molar-refractivity contribution in [1.29, 1.82) is 0 Å². The van der Waals surface area contributed by atoms with Crippen molar-refractivity contribution in [2.75, 3.05) is 42.8 Å². The van der Waals surface area contributed by atoms with Gasteiger partial charge in [-0.2, -0.15) is 13.2 Å². The number of carbonyl (C=O) groups excluding carboxylic acids is 6. The maximum atomic E-state index is 13.8. The van der Waals surface area contributed by atoms with Gasteiger partial charge in [0.25, 0.3) is 0 Å². The molecular formula is C47H58F3N7O8. The highest BCUT2D eigenvalue weighted by molar-refractivity contribution is 6.00. The summed E-state index contributed by atoms with van der Waals surface area (Å²) in [5.74, 6) is -2.09. The smallest absolute Gasteiger partial charge is 0.416 e. The SMILES string of the molecule is COC(=O)N[C@H](C(=O)N1CCC[C@H]1C(=O)Nc1cccc([C@H]2CC[C@H](c3cccc(NC(=O)[C@@H]4CCCN4C(=O)[C@@H](NC(=O)OC)C(C)C)c3)N2c2ccc(C(F)(F)F)cc2)c1)C(C)C. The number of likely N-dealkylation sites (tertiary alicyclic amines) is 2. The minimum Gasteiger partial charge on any atom is -0.453 e. The Morgan fingerprint density at radius 3 is 1.40 bits per heavy atom. The molecule has 3 aromatic rings. The van der Waals surface area contributed by atoms with Crippen molar-refractivity contribution in [3.8, 4) is 0 Å². The summed E-state index contributed by atoms with van der Waals surface area (Å²) in [5.41, 5.74) is 2.28. The van der Waals surface area contributed by atoms with Crippen LogP contribution in [-0.4, -0.2) is 97.1 Å². The molecule has 15 nitrogen and oxygen atoms in total. The number of alkyl halides is 3. The molecule has 350 valence electrons. The van der Waals surface area contributed by atoms with Crippen LogP contribution in [0.25, 0.3) is 0 Å². The molecule has 4 N–H and O–H groups in total. The van der Waals surface area contributed by atoms with Gasteiger partial charge in [0.15, 0.2) is 0 Å². The van der Waals surface area contributed by atoms with Crippen LogP contribution in [0, 0.1) is 11.8 Å². The first kappa shape index (κ1) is 48.1. The van der Waals surface area contributed by atoms with Gasteiger partial charge in [-0.3, -0.25) is 19.2 Å². The van der Waals surface area contributed by atoms with Gasteiger partial charge >= 0.3 is 18.4 Å². The Morgan fingerprint density at radius 2 is 1.03 bits per heavy atom. The summed E-state index contributed by atoms with van der Waals surface area (Å²) < 4.78 is 50.7. The summed E-state index contributed by atoms with van der Waals surface area (Å²) in [7, 11) is 2.42. The molecule has 0 spiro atoms. The Hall–Kier alpha value is -6.33. The van der Waals surface area contributed by atoms with Crippen LogP contribution >= 0.6 is 0 Å². The second-order valence-corrected chi connectivity index (χ2v) is 17.4. The van der Waals surface area contributed by atoms with Gasteiger partial charge < -0.3 is 45.4 Å². The molecule has 6 rings (SSSR count). The summed E-state index contributed by atoms with van der Waals surface area (Å²) in [5, 5.41) is 11.1. The molecule has 3 aliphatic rings. The summed E-state index contributed by atoms with van der Waals surface area (Å²) >= 11 is 0. The third-order valence-corrected chi connectivity index (χ3v) is 12.4. The fourth-order valence-electron chi connectivity index (χ4n) is 9.11. The van der Waals surface area contributed by atoms with E-state index in [1.165, 1.54) is 36.2 Å².